The summed E-state index contributed by atoms with van der Waals surface area (Å²) in [5.41, 5.74) is 0.293. The molecule has 0 aliphatic heterocycles. The molecule has 0 atom stereocenters. The number of carboxylic acids is 1. The molecule has 0 spiro atoms. The number of aromatic carboxylic acids is 1. The fourth-order valence-electron chi connectivity index (χ4n) is 1.61. The molecule has 1 N–H and O–H groups in total. The average Bonchev–Trinajstić information content (AvgIpc) is 2.28. The van der Waals surface area contributed by atoms with Crippen molar-refractivity contribution >= 4 is 16.7 Å². The Morgan fingerprint density at radius 3 is 2.62 bits per heavy atom. The lowest BCUT2D eigenvalue weighted by Crippen LogP contribution is -1.95. The van der Waals surface area contributed by atoms with Crippen LogP contribution in [0.1, 0.15) is 17.3 Å². The van der Waals surface area contributed by atoms with Gasteiger partial charge >= 0.3 is 5.97 Å². The zero-order chi connectivity index (χ0) is 11.5. The molecule has 0 heterocycles. The summed E-state index contributed by atoms with van der Waals surface area (Å²) >= 11 is 0. The van der Waals surface area contributed by atoms with Crippen LogP contribution in [0, 0.1) is 0 Å². The van der Waals surface area contributed by atoms with Gasteiger partial charge in [0, 0.05) is 0 Å². The summed E-state index contributed by atoms with van der Waals surface area (Å²) in [6, 6.07) is 10.7. The third-order valence-corrected chi connectivity index (χ3v) is 2.37. The van der Waals surface area contributed by atoms with E-state index < -0.39 is 5.97 Å². The van der Waals surface area contributed by atoms with Crippen LogP contribution in [0.15, 0.2) is 36.4 Å². The maximum atomic E-state index is 10.8. The third kappa shape index (κ3) is 1.98. The number of hydrogen-bond donors (Lipinski definition) is 1. The molecular weight excluding hydrogens is 204 g/mol. The monoisotopic (exact) mass is 216 g/mol. The summed E-state index contributed by atoms with van der Waals surface area (Å²) in [7, 11) is 0. The van der Waals surface area contributed by atoms with Crippen LogP contribution in [0.3, 0.4) is 0 Å². The van der Waals surface area contributed by atoms with Crippen LogP contribution in [0.25, 0.3) is 10.8 Å². The highest BCUT2D eigenvalue weighted by atomic mass is 16.5. The van der Waals surface area contributed by atoms with Crippen LogP contribution < -0.4 is 4.74 Å². The number of hydrogen-bond acceptors (Lipinski definition) is 2. The molecule has 16 heavy (non-hydrogen) atoms. The van der Waals surface area contributed by atoms with E-state index in [2.05, 4.69) is 0 Å². The largest absolute Gasteiger partial charge is 0.494 e. The summed E-state index contributed by atoms with van der Waals surface area (Å²) < 4.78 is 5.37. The van der Waals surface area contributed by atoms with Gasteiger partial charge in [-0.3, -0.25) is 0 Å². The van der Waals surface area contributed by atoms with Crippen molar-refractivity contribution in [2.45, 2.75) is 6.92 Å². The number of carboxylic acid groups (broad SMARTS) is 1. The van der Waals surface area contributed by atoms with E-state index in [4.69, 9.17) is 9.84 Å². The molecule has 2 aromatic rings. The van der Waals surface area contributed by atoms with Crippen molar-refractivity contribution in [2.24, 2.45) is 0 Å². The Labute approximate surface area is 93.3 Å². The molecule has 0 aromatic heterocycles. The number of fused-ring (bicyclic) bond motifs is 1. The molecule has 2 aromatic carbocycles. The summed E-state index contributed by atoms with van der Waals surface area (Å²) in [5, 5.41) is 10.8. The molecule has 0 amide bonds. The van der Waals surface area contributed by atoms with Crippen molar-refractivity contribution in [1.82, 2.24) is 0 Å². The second kappa shape index (κ2) is 4.23. The minimum Gasteiger partial charge on any atom is -0.494 e. The van der Waals surface area contributed by atoms with Crippen LogP contribution >= 0.6 is 0 Å². The second-order valence-corrected chi connectivity index (χ2v) is 3.46. The molecule has 0 unspecified atom stereocenters. The molecule has 82 valence electrons. The van der Waals surface area contributed by atoms with Crippen LogP contribution in [-0.4, -0.2) is 17.7 Å². The zero-order valence-corrected chi connectivity index (χ0v) is 8.93. The van der Waals surface area contributed by atoms with E-state index in [1.165, 1.54) is 0 Å². The smallest absolute Gasteiger partial charge is 0.335 e. The highest BCUT2D eigenvalue weighted by Crippen LogP contribution is 2.22. The Hall–Kier alpha value is -2.03. The molecule has 0 fully saturated rings. The van der Waals surface area contributed by atoms with Gasteiger partial charge < -0.3 is 9.84 Å². The number of benzene rings is 2. The normalized spacial score (nSPS) is 10.3. The Morgan fingerprint density at radius 1 is 1.19 bits per heavy atom. The lowest BCUT2D eigenvalue weighted by atomic mass is 10.1. The van der Waals surface area contributed by atoms with Crippen molar-refractivity contribution in [3.63, 3.8) is 0 Å². The zero-order valence-electron chi connectivity index (χ0n) is 8.93. The van der Waals surface area contributed by atoms with Crippen molar-refractivity contribution in [1.29, 1.82) is 0 Å². The fraction of sp³-hybridized carbons (Fsp3) is 0.154. The molecule has 0 saturated heterocycles. The van der Waals surface area contributed by atoms with Gasteiger partial charge in [-0.15, -0.1) is 0 Å². The third-order valence-electron chi connectivity index (χ3n) is 2.37. The topological polar surface area (TPSA) is 46.5 Å². The van der Waals surface area contributed by atoms with E-state index in [9.17, 15) is 4.79 Å². The van der Waals surface area contributed by atoms with E-state index in [0.717, 1.165) is 16.5 Å². The first kappa shape index (κ1) is 10.5. The van der Waals surface area contributed by atoms with Gasteiger partial charge in [-0.1, -0.05) is 12.1 Å². The summed E-state index contributed by atoms with van der Waals surface area (Å²) in [6.07, 6.45) is 0. The minimum absolute atomic E-state index is 0.293. The van der Waals surface area contributed by atoms with Crippen LogP contribution in [0.5, 0.6) is 5.75 Å². The van der Waals surface area contributed by atoms with Gasteiger partial charge in [0.25, 0.3) is 0 Å². The van der Waals surface area contributed by atoms with Crippen LogP contribution in [0.2, 0.25) is 0 Å². The van der Waals surface area contributed by atoms with Gasteiger partial charge in [0.2, 0.25) is 0 Å². The van der Waals surface area contributed by atoms with Crippen molar-refractivity contribution in [3.8, 4) is 5.75 Å². The molecule has 0 aliphatic rings. The summed E-state index contributed by atoms with van der Waals surface area (Å²) in [6.45, 7) is 2.52. The molecule has 2 rings (SSSR count). The van der Waals surface area contributed by atoms with Gasteiger partial charge in [-0.25, -0.2) is 4.79 Å². The highest BCUT2D eigenvalue weighted by Gasteiger charge is 2.04. The van der Waals surface area contributed by atoms with Crippen LogP contribution in [-0.2, 0) is 0 Å². The van der Waals surface area contributed by atoms with Gasteiger partial charge in [-0.05, 0) is 42.0 Å². The quantitative estimate of drug-likeness (QED) is 0.858. The SMILES string of the molecule is CCOc1ccc2ccc(C(=O)O)cc2c1. The predicted molar refractivity (Wildman–Crippen MR) is 62.1 cm³/mol. The highest BCUT2D eigenvalue weighted by molar-refractivity contribution is 5.94. The average molecular weight is 216 g/mol. The van der Waals surface area contributed by atoms with Crippen molar-refractivity contribution in [3.05, 3.63) is 42.0 Å². The Balaban J connectivity index is 2.52. The van der Waals surface area contributed by atoms with Gasteiger partial charge in [0.15, 0.2) is 0 Å². The number of rotatable bonds is 3. The molecule has 0 bridgehead atoms. The second-order valence-electron chi connectivity index (χ2n) is 3.46. The Kier molecular flexibility index (Phi) is 2.77. The summed E-state index contributed by atoms with van der Waals surface area (Å²) in [5.74, 6) is -0.152. The van der Waals surface area contributed by atoms with E-state index in [0.29, 0.717) is 12.2 Å². The molecule has 3 nitrogen and oxygen atoms in total. The molecule has 0 saturated carbocycles. The van der Waals surface area contributed by atoms with Gasteiger partial charge in [0.05, 0.1) is 12.2 Å². The Bertz CT molecular complexity index is 532. The predicted octanol–water partition coefficient (Wildman–Crippen LogP) is 2.94. The number of carbonyl (C=O) groups is 1. The Morgan fingerprint density at radius 2 is 1.94 bits per heavy atom. The van der Waals surface area contributed by atoms with E-state index in [1.807, 2.05) is 25.1 Å². The van der Waals surface area contributed by atoms with Gasteiger partial charge in [-0.2, -0.15) is 0 Å². The first-order chi connectivity index (χ1) is 7.70. The molecule has 0 aliphatic carbocycles. The minimum atomic E-state index is -0.913. The first-order valence-electron chi connectivity index (χ1n) is 5.10. The van der Waals surface area contributed by atoms with Crippen molar-refractivity contribution in [2.75, 3.05) is 6.61 Å². The molecule has 3 heteroatoms. The first-order valence-corrected chi connectivity index (χ1v) is 5.10. The van der Waals surface area contributed by atoms with E-state index in [-0.39, 0.29) is 0 Å². The lowest BCUT2D eigenvalue weighted by Gasteiger charge is -2.05. The maximum Gasteiger partial charge on any atom is 0.335 e. The molecular formula is C13H12O3. The van der Waals surface area contributed by atoms with Gasteiger partial charge in [0.1, 0.15) is 5.75 Å². The van der Waals surface area contributed by atoms with E-state index >= 15 is 0 Å². The number of ether oxygens (including phenoxy) is 1. The molecule has 0 radical (unpaired) electrons. The van der Waals surface area contributed by atoms with E-state index in [1.54, 1.807) is 18.2 Å². The van der Waals surface area contributed by atoms with Crippen LogP contribution in [0.4, 0.5) is 0 Å². The summed E-state index contributed by atoms with van der Waals surface area (Å²) in [4.78, 5) is 10.8. The maximum absolute atomic E-state index is 10.8. The van der Waals surface area contributed by atoms with Crippen molar-refractivity contribution < 1.29 is 14.6 Å². The standard InChI is InChI=1S/C13H12O3/c1-2-16-12-6-5-9-3-4-10(13(14)15)7-11(9)8-12/h3-8H,2H2,1H3,(H,14,15). The fourth-order valence-corrected chi connectivity index (χ4v) is 1.61. The lowest BCUT2D eigenvalue weighted by molar-refractivity contribution is 0.0697.